The van der Waals surface area contributed by atoms with E-state index in [1.54, 1.807) is 24.0 Å². The molecule has 4 heteroatoms. The molecule has 3 nitrogen and oxygen atoms in total. The molecule has 0 bridgehead atoms. The van der Waals surface area contributed by atoms with Crippen molar-refractivity contribution >= 4 is 5.91 Å². The van der Waals surface area contributed by atoms with Gasteiger partial charge in [0.05, 0.1) is 12.2 Å². The fourth-order valence-electron chi connectivity index (χ4n) is 1.91. The van der Waals surface area contributed by atoms with Crippen LogP contribution in [-0.4, -0.2) is 37.1 Å². The van der Waals surface area contributed by atoms with E-state index in [2.05, 4.69) is 0 Å². The highest BCUT2D eigenvalue weighted by Gasteiger charge is 2.20. The summed E-state index contributed by atoms with van der Waals surface area (Å²) in [5.41, 5.74) is 0.968. The van der Waals surface area contributed by atoms with Crippen LogP contribution >= 0.6 is 0 Å². The second kappa shape index (κ2) is 5.27. The molecule has 1 saturated heterocycles. The van der Waals surface area contributed by atoms with Crippen molar-refractivity contribution in [3.8, 4) is 0 Å². The van der Waals surface area contributed by atoms with Crippen LogP contribution in [0, 0.1) is 12.7 Å². The number of halogens is 1. The number of amides is 1. The number of carbonyl (C=O) groups is 1. The van der Waals surface area contributed by atoms with Gasteiger partial charge in [-0.3, -0.25) is 4.79 Å². The lowest BCUT2D eigenvalue weighted by atomic mass is 10.1. The number of hydrogen-bond acceptors (Lipinski definition) is 2. The quantitative estimate of drug-likeness (QED) is 0.747. The van der Waals surface area contributed by atoms with Crippen LogP contribution in [0.3, 0.4) is 0 Å². The van der Waals surface area contributed by atoms with Crippen molar-refractivity contribution in [1.82, 2.24) is 4.90 Å². The monoisotopic (exact) mass is 237 g/mol. The minimum Gasteiger partial charge on any atom is -0.380 e. The third-order valence-electron chi connectivity index (χ3n) is 2.86. The van der Waals surface area contributed by atoms with Crippen LogP contribution < -0.4 is 0 Å². The fraction of sp³-hybridized carbons (Fsp3) is 0.462. The highest BCUT2D eigenvalue weighted by atomic mass is 19.1. The molecule has 1 heterocycles. The van der Waals surface area contributed by atoms with Gasteiger partial charge in [-0.25, -0.2) is 4.39 Å². The first-order valence-electron chi connectivity index (χ1n) is 5.81. The molecular weight excluding hydrogens is 221 g/mol. The van der Waals surface area contributed by atoms with E-state index in [4.69, 9.17) is 4.74 Å². The van der Waals surface area contributed by atoms with Gasteiger partial charge in [0.2, 0.25) is 0 Å². The molecule has 17 heavy (non-hydrogen) atoms. The van der Waals surface area contributed by atoms with Gasteiger partial charge in [-0.2, -0.15) is 0 Å². The Labute approximate surface area is 100 Å². The Kier molecular flexibility index (Phi) is 3.74. The molecule has 0 atom stereocenters. The Balaban J connectivity index is 2.17. The summed E-state index contributed by atoms with van der Waals surface area (Å²) in [6, 6.07) is 4.70. The van der Waals surface area contributed by atoms with Gasteiger partial charge in [-0.05, 0) is 31.0 Å². The van der Waals surface area contributed by atoms with Gasteiger partial charge in [0.25, 0.3) is 5.91 Å². The zero-order valence-corrected chi connectivity index (χ0v) is 9.91. The van der Waals surface area contributed by atoms with Crippen LogP contribution in [0.2, 0.25) is 0 Å². The summed E-state index contributed by atoms with van der Waals surface area (Å²) in [4.78, 5) is 13.8. The first kappa shape index (κ1) is 12.0. The van der Waals surface area contributed by atoms with E-state index < -0.39 is 5.82 Å². The molecule has 1 amide bonds. The molecule has 1 aliphatic heterocycles. The molecule has 2 rings (SSSR count). The molecule has 0 radical (unpaired) electrons. The number of ether oxygens (including phenoxy) is 1. The summed E-state index contributed by atoms with van der Waals surface area (Å²) in [5, 5.41) is 0. The lowest BCUT2D eigenvalue weighted by molar-refractivity contribution is 0.0736. The summed E-state index contributed by atoms with van der Waals surface area (Å²) < 4.78 is 19.0. The van der Waals surface area contributed by atoms with Gasteiger partial charge in [0.15, 0.2) is 0 Å². The normalized spacial score (nSPS) is 16.7. The predicted octanol–water partition coefficient (Wildman–Crippen LogP) is 2.00. The number of benzene rings is 1. The predicted molar refractivity (Wildman–Crippen MR) is 62.5 cm³/mol. The van der Waals surface area contributed by atoms with E-state index in [-0.39, 0.29) is 11.5 Å². The van der Waals surface area contributed by atoms with E-state index >= 15 is 0 Å². The third kappa shape index (κ3) is 2.82. The third-order valence-corrected chi connectivity index (χ3v) is 2.86. The Hall–Kier alpha value is -1.42. The van der Waals surface area contributed by atoms with Gasteiger partial charge in [0.1, 0.15) is 5.82 Å². The van der Waals surface area contributed by atoms with Crippen LogP contribution in [-0.2, 0) is 4.74 Å². The second-order valence-corrected chi connectivity index (χ2v) is 4.24. The van der Waals surface area contributed by atoms with Gasteiger partial charge in [-0.1, -0.05) is 6.07 Å². The molecule has 1 aliphatic rings. The number of nitrogens with zero attached hydrogens (tertiary/aromatic N) is 1. The van der Waals surface area contributed by atoms with Crippen LogP contribution in [0.15, 0.2) is 18.2 Å². The van der Waals surface area contributed by atoms with Crippen molar-refractivity contribution in [3.05, 3.63) is 35.1 Å². The average Bonchev–Trinajstić information content (AvgIpc) is 2.56. The van der Waals surface area contributed by atoms with Crippen molar-refractivity contribution < 1.29 is 13.9 Å². The Morgan fingerprint density at radius 1 is 1.35 bits per heavy atom. The number of rotatable bonds is 1. The zero-order valence-electron chi connectivity index (χ0n) is 9.91. The molecule has 0 aliphatic carbocycles. The maximum absolute atomic E-state index is 13.7. The minimum absolute atomic E-state index is 0.150. The molecule has 0 unspecified atom stereocenters. The first-order valence-corrected chi connectivity index (χ1v) is 5.81. The van der Waals surface area contributed by atoms with Gasteiger partial charge in [-0.15, -0.1) is 0 Å². The fourth-order valence-corrected chi connectivity index (χ4v) is 1.91. The lowest BCUT2D eigenvalue weighted by Gasteiger charge is -2.19. The summed E-state index contributed by atoms with van der Waals surface area (Å²) in [7, 11) is 0. The Bertz CT molecular complexity index is 412. The molecule has 1 aromatic rings. The number of carbonyl (C=O) groups excluding carboxylic acids is 1. The molecule has 0 aromatic heterocycles. The second-order valence-electron chi connectivity index (χ2n) is 4.24. The summed E-state index contributed by atoms with van der Waals surface area (Å²) >= 11 is 0. The smallest absolute Gasteiger partial charge is 0.256 e. The molecule has 92 valence electrons. The lowest BCUT2D eigenvalue weighted by Crippen LogP contribution is -2.33. The zero-order chi connectivity index (χ0) is 12.3. The van der Waals surface area contributed by atoms with E-state index in [1.807, 2.05) is 0 Å². The van der Waals surface area contributed by atoms with Crippen LogP contribution in [0.4, 0.5) is 4.39 Å². The minimum atomic E-state index is -0.444. The van der Waals surface area contributed by atoms with Crippen molar-refractivity contribution in [2.75, 3.05) is 26.3 Å². The standard InChI is InChI=1S/C13H16FNO2/c1-10-3-4-11(12(14)9-10)13(16)15-5-2-7-17-8-6-15/h3-4,9H,2,5-8H2,1H3. The molecule has 1 aromatic carbocycles. The van der Waals surface area contributed by atoms with E-state index in [0.717, 1.165) is 12.0 Å². The van der Waals surface area contributed by atoms with Gasteiger partial charge >= 0.3 is 0 Å². The maximum Gasteiger partial charge on any atom is 0.256 e. The van der Waals surface area contributed by atoms with Crippen molar-refractivity contribution in [1.29, 1.82) is 0 Å². The van der Waals surface area contributed by atoms with E-state index in [1.165, 1.54) is 6.07 Å². The number of hydrogen-bond donors (Lipinski definition) is 0. The average molecular weight is 237 g/mol. The SMILES string of the molecule is Cc1ccc(C(=O)N2CCCOCC2)c(F)c1. The highest BCUT2D eigenvalue weighted by molar-refractivity contribution is 5.94. The Morgan fingerprint density at radius 3 is 2.94 bits per heavy atom. The van der Waals surface area contributed by atoms with E-state index in [0.29, 0.717) is 26.3 Å². The summed E-state index contributed by atoms with van der Waals surface area (Å²) in [6.07, 6.45) is 0.805. The van der Waals surface area contributed by atoms with Crippen LogP contribution in [0.25, 0.3) is 0 Å². The van der Waals surface area contributed by atoms with Crippen molar-refractivity contribution in [2.24, 2.45) is 0 Å². The number of aryl methyl sites for hydroxylation is 1. The Morgan fingerprint density at radius 2 is 2.18 bits per heavy atom. The highest BCUT2D eigenvalue weighted by Crippen LogP contribution is 2.13. The molecular formula is C13H16FNO2. The molecule has 0 saturated carbocycles. The maximum atomic E-state index is 13.7. The molecule has 0 N–H and O–H groups in total. The van der Waals surface area contributed by atoms with Crippen LogP contribution in [0.5, 0.6) is 0 Å². The largest absolute Gasteiger partial charge is 0.380 e. The van der Waals surface area contributed by atoms with Gasteiger partial charge in [0, 0.05) is 19.7 Å². The molecule has 0 spiro atoms. The van der Waals surface area contributed by atoms with Gasteiger partial charge < -0.3 is 9.64 Å². The topological polar surface area (TPSA) is 29.5 Å². The van der Waals surface area contributed by atoms with Crippen molar-refractivity contribution in [3.63, 3.8) is 0 Å². The molecule has 1 fully saturated rings. The van der Waals surface area contributed by atoms with Crippen molar-refractivity contribution in [2.45, 2.75) is 13.3 Å². The summed E-state index contributed by atoms with van der Waals surface area (Å²) in [6.45, 7) is 4.16. The van der Waals surface area contributed by atoms with Crippen LogP contribution in [0.1, 0.15) is 22.3 Å². The summed E-state index contributed by atoms with van der Waals surface area (Å²) in [5.74, 6) is -0.687. The first-order chi connectivity index (χ1) is 8.18. The van der Waals surface area contributed by atoms with E-state index in [9.17, 15) is 9.18 Å².